The van der Waals surface area contributed by atoms with Crippen molar-refractivity contribution in [2.75, 3.05) is 5.75 Å². The van der Waals surface area contributed by atoms with Gasteiger partial charge >= 0.3 is 0 Å². The van der Waals surface area contributed by atoms with Crippen LogP contribution >= 0.6 is 0 Å². The molecule has 2 bridgehead atoms. The molecule has 2 saturated carbocycles. The molecule has 0 aromatic heterocycles. The van der Waals surface area contributed by atoms with Gasteiger partial charge in [-0.25, -0.2) is 0 Å². The minimum absolute atomic E-state index is 0.193. The molecule has 2 rings (SSSR count). The first kappa shape index (κ1) is 12.0. The highest BCUT2D eigenvalue weighted by atomic mass is 32.2. The molecule has 3 unspecified atom stereocenters. The molecule has 0 aromatic rings. The molecule has 2 fully saturated rings. The van der Waals surface area contributed by atoms with Crippen molar-refractivity contribution in [2.45, 2.75) is 32.8 Å². The molecule has 0 heterocycles. The van der Waals surface area contributed by atoms with Gasteiger partial charge in [-0.05, 0) is 24.2 Å². The molecule has 0 saturated heterocycles. The van der Waals surface area contributed by atoms with Crippen LogP contribution in [0.5, 0.6) is 0 Å². The van der Waals surface area contributed by atoms with E-state index in [0.717, 1.165) is 0 Å². The standard InChI is InChI=1S/C10H16O5S/c1-9(2)6-3-4-10(9,5-16(13,14)15)8(12)7(6)11/h6-7,11H,3-5H2,1-2H3,(H,13,14,15). The fourth-order valence-electron chi connectivity index (χ4n) is 3.54. The fraction of sp³-hybridized carbons (Fsp3) is 0.900. The Balaban J connectivity index is 2.50. The summed E-state index contributed by atoms with van der Waals surface area (Å²) in [5.41, 5.74) is -1.68. The predicted molar refractivity (Wildman–Crippen MR) is 56.4 cm³/mol. The first-order valence-electron chi connectivity index (χ1n) is 5.29. The van der Waals surface area contributed by atoms with E-state index in [1.165, 1.54) is 0 Å². The van der Waals surface area contributed by atoms with Crippen LogP contribution in [0.3, 0.4) is 0 Å². The van der Waals surface area contributed by atoms with Crippen LogP contribution in [0, 0.1) is 16.7 Å². The summed E-state index contributed by atoms with van der Waals surface area (Å²) in [4.78, 5) is 12.0. The van der Waals surface area contributed by atoms with E-state index in [2.05, 4.69) is 0 Å². The summed E-state index contributed by atoms with van der Waals surface area (Å²) in [5, 5.41) is 9.76. The van der Waals surface area contributed by atoms with Crippen molar-refractivity contribution in [3.05, 3.63) is 0 Å². The van der Waals surface area contributed by atoms with Gasteiger partial charge in [-0.2, -0.15) is 8.42 Å². The maximum absolute atomic E-state index is 12.0. The molecule has 2 aliphatic rings. The summed E-state index contributed by atoms with van der Waals surface area (Å²) in [5.74, 6) is -1.19. The summed E-state index contributed by atoms with van der Waals surface area (Å²) in [6.07, 6.45) is -0.0130. The third-order valence-electron chi connectivity index (χ3n) is 4.59. The van der Waals surface area contributed by atoms with Gasteiger partial charge in [0.25, 0.3) is 10.1 Å². The van der Waals surface area contributed by atoms with E-state index in [1.54, 1.807) is 13.8 Å². The summed E-state index contributed by atoms with van der Waals surface area (Å²) in [6.45, 7) is 3.59. The highest BCUT2D eigenvalue weighted by molar-refractivity contribution is 7.85. The number of carbonyl (C=O) groups is 1. The maximum atomic E-state index is 12.0. The maximum Gasteiger partial charge on any atom is 0.265 e. The Hall–Kier alpha value is -0.460. The van der Waals surface area contributed by atoms with E-state index in [-0.39, 0.29) is 5.92 Å². The van der Waals surface area contributed by atoms with Gasteiger partial charge in [-0.1, -0.05) is 13.8 Å². The zero-order chi connectivity index (χ0) is 12.4. The second-order valence-electron chi connectivity index (χ2n) is 5.48. The normalized spacial score (nSPS) is 41.6. The lowest BCUT2D eigenvalue weighted by atomic mass is 9.70. The van der Waals surface area contributed by atoms with Crippen LogP contribution < -0.4 is 0 Å². The van der Waals surface area contributed by atoms with Gasteiger partial charge in [0.15, 0.2) is 5.78 Å². The quantitative estimate of drug-likeness (QED) is 0.683. The number of Topliss-reactive ketones (excluding diaryl/α,β-unsaturated/α-hetero) is 1. The molecule has 5 nitrogen and oxygen atoms in total. The Labute approximate surface area is 94.6 Å². The number of aliphatic hydroxyl groups is 1. The molecule has 0 aromatic carbocycles. The van der Waals surface area contributed by atoms with E-state index in [1.807, 2.05) is 0 Å². The number of carbonyl (C=O) groups excluding carboxylic acids is 1. The lowest BCUT2D eigenvalue weighted by molar-refractivity contribution is -0.135. The average Bonchev–Trinajstić information content (AvgIpc) is 2.39. The monoisotopic (exact) mass is 248 g/mol. The van der Waals surface area contributed by atoms with Gasteiger partial charge in [0.2, 0.25) is 0 Å². The van der Waals surface area contributed by atoms with Crippen LogP contribution in [0.15, 0.2) is 0 Å². The van der Waals surface area contributed by atoms with Crippen molar-refractivity contribution < 1.29 is 22.9 Å². The molecular weight excluding hydrogens is 232 g/mol. The van der Waals surface area contributed by atoms with Crippen LogP contribution in [0.4, 0.5) is 0 Å². The zero-order valence-corrected chi connectivity index (χ0v) is 10.1. The van der Waals surface area contributed by atoms with Crippen molar-refractivity contribution in [1.82, 2.24) is 0 Å². The molecular formula is C10H16O5S. The third kappa shape index (κ3) is 1.30. The highest BCUT2D eigenvalue weighted by Gasteiger charge is 2.69. The van der Waals surface area contributed by atoms with Gasteiger partial charge in [0, 0.05) is 0 Å². The molecule has 6 heteroatoms. The molecule has 2 aliphatic carbocycles. The van der Waals surface area contributed by atoms with Crippen LogP contribution in [0.2, 0.25) is 0 Å². The van der Waals surface area contributed by atoms with Crippen LogP contribution in [0.1, 0.15) is 26.7 Å². The number of rotatable bonds is 2. The predicted octanol–water partition coefficient (Wildman–Crippen LogP) is 0.240. The SMILES string of the molecule is CC1(C)C2CCC1(CS(=O)(=O)O)C(=O)C2O. The van der Waals surface area contributed by atoms with Crippen molar-refractivity contribution in [3.8, 4) is 0 Å². The van der Waals surface area contributed by atoms with Gasteiger partial charge in [-0.3, -0.25) is 9.35 Å². The Morgan fingerprint density at radius 3 is 2.38 bits per heavy atom. The molecule has 92 valence electrons. The fourth-order valence-corrected chi connectivity index (χ4v) is 4.82. The van der Waals surface area contributed by atoms with Crippen molar-refractivity contribution in [1.29, 1.82) is 0 Å². The van der Waals surface area contributed by atoms with Crippen molar-refractivity contribution >= 4 is 15.9 Å². The van der Waals surface area contributed by atoms with Crippen molar-refractivity contribution in [3.63, 3.8) is 0 Å². The minimum Gasteiger partial charge on any atom is -0.385 e. The number of fused-ring (bicyclic) bond motifs is 2. The molecule has 0 aliphatic heterocycles. The first-order valence-corrected chi connectivity index (χ1v) is 6.90. The number of ketones is 1. The van der Waals surface area contributed by atoms with Crippen LogP contribution in [-0.4, -0.2) is 35.7 Å². The Morgan fingerprint density at radius 1 is 1.44 bits per heavy atom. The molecule has 0 amide bonds. The smallest absolute Gasteiger partial charge is 0.265 e. The summed E-state index contributed by atoms with van der Waals surface area (Å²) < 4.78 is 31.0. The lowest BCUT2D eigenvalue weighted by Crippen LogP contribution is -2.43. The van der Waals surface area contributed by atoms with E-state index < -0.39 is 38.6 Å². The summed E-state index contributed by atoms with van der Waals surface area (Å²) >= 11 is 0. The Bertz CT molecular complexity index is 438. The molecule has 0 radical (unpaired) electrons. The van der Waals surface area contributed by atoms with Gasteiger partial charge in [-0.15, -0.1) is 0 Å². The highest BCUT2D eigenvalue weighted by Crippen LogP contribution is 2.64. The van der Waals surface area contributed by atoms with Crippen LogP contribution in [-0.2, 0) is 14.9 Å². The zero-order valence-electron chi connectivity index (χ0n) is 9.30. The molecule has 16 heavy (non-hydrogen) atoms. The largest absolute Gasteiger partial charge is 0.385 e. The van der Waals surface area contributed by atoms with Crippen LogP contribution in [0.25, 0.3) is 0 Å². The van der Waals surface area contributed by atoms with Gasteiger partial charge < -0.3 is 5.11 Å². The average molecular weight is 248 g/mol. The Kier molecular flexibility index (Phi) is 2.29. The summed E-state index contributed by atoms with van der Waals surface area (Å²) in [7, 11) is -4.21. The Morgan fingerprint density at radius 2 is 2.00 bits per heavy atom. The molecule has 0 spiro atoms. The number of aliphatic hydroxyl groups excluding tert-OH is 1. The van der Waals surface area contributed by atoms with E-state index in [0.29, 0.717) is 12.8 Å². The first-order chi connectivity index (χ1) is 7.12. The molecule has 2 N–H and O–H groups in total. The number of hydrogen-bond donors (Lipinski definition) is 2. The topological polar surface area (TPSA) is 91.7 Å². The van der Waals surface area contributed by atoms with Crippen molar-refractivity contribution in [2.24, 2.45) is 16.7 Å². The lowest BCUT2D eigenvalue weighted by Gasteiger charge is -2.34. The van der Waals surface area contributed by atoms with Gasteiger partial charge in [0.1, 0.15) is 6.10 Å². The third-order valence-corrected chi connectivity index (χ3v) is 5.45. The van der Waals surface area contributed by atoms with E-state index >= 15 is 0 Å². The summed E-state index contributed by atoms with van der Waals surface area (Å²) in [6, 6.07) is 0. The van der Waals surface area contributed by atoms with Gasteiger partial charge in [0.05, 0.1) is 11.2 Å². The minimum atomic E-state index is -4.21. The van der Waals surface area contributed by atoms with E-state index in [9.17, 15) is 18.3 Å². The molecule has 3 atom stereocenters. The second kappa shape index (κ2) is 3.05. The number of hydrogen-bond acceptors (Lipinski definition) is 4. The van der Waals surface area contributed by atoms with E-state index in [4.69, 9.17) is 4.55 Å². The second-order valence-corrected chi connectivity index (χ2v) is 6.94.